The lowest BCUT2D eigenvalue weighted by Gasteiger charge is -2.25. The highest BCUT2D eigenvalue weighted by Crippen LogP contribution is 2.28. The molecule has 2 aromatic rings. The van der Waals surface area contributed by atoms with Gasteiger partial charge in [0.25, 0.3) is 0 Å². The van der Waals surface area contributed by atoms with Crippen LogP contribution in [0.15, 0.2) is 34.7 Å². The van der Waals surface area contributed by atoms with Crippen molar-refractivity contribution in [2.45, 2.75) is 57.4 Å². The Morgan fingerprint density at radius 2 is 1.70 bits per heavy atom. The first kappa shape index (κ1) is 18.0. The molecule has 144 valence electrons. The van der Waals surface area contributed by atoms with E-state index in [2.05, 4.69) is 20.4 Å². The summed E-state index contributed by atoms with van der Waals surface area (Å²) in [5.41, 5.74) is 0.968. The van der Waals surface area contributed by atoms with Crippen molar-refractivity contribution in [3.8, 4) is 0 Å². The van der Waals surface area contributed by atoms with Gasteiger partial charge in [-0.1, -0.05) is 54.7 Å². The second kappa shape index (κ2) is 8.55. The molecule has 2 heterocycles. The molecule has 0 radical (unpaired) electrons. The van der Waals surface area contributed by atoms with E-state index in [-0.39, 0.29) is 11.8 Å². The van der Waals surface area contributed by atoms with Crippen LogP contribution in [0.4, 0.5) is 6.01 Å². The molecule has 1 saturated heterocycles. The third-order valence-electron chi connectivity index (χ3n) is 5.70. The molecule has 1 unspecified atom stereocenters. The lowest BCUT2D eigenvalue weighted by Crippen LogP contribution is -2.35. The average Bonchev–Trinajstić information content (AvgIpc) is 3.24. The maximum Gasteiger partial charge on any atom is 0.318 e. The van der Waals surface area contributed by atoms with Gasteiger partial charge >= 0.3 is 6.01 Å². The van der Waals surface area contributed by atoms with Crippen LogP contribution >= 0.6 is 0 Å². The lowest BCUT2D eigenvalue weighted by molar-refractivity contribution is -0.126. The van der Waals surface area contributed by atoms with Gasteiger partial charge in [0.1, 0.15) is 6.04 Å². The summed E-state index contributed by atoms with van der Waals surface area (Å²) in [6, 6.07) is 10.1. The Morgan fingerprint density at radius 1 is 1.00 bits per heavy atom. The fraction of sp³-hybridized carbons (Fsp3) is 0.571. The SMILES string of the molecule is O=C(NC(c1ccccc1)c1nnc(N2CCCCC2)o1)C1CCCCC1. The first-order chi connectivity index (χ1) is 13.3. The number of aromatic nitrogens is 2. The Morgan fingerprint density at radius 3 is 2.44 bits per heavy atom. The molecular formula is C21H28N4O2. The summed E-state index contributed by atoms with van der Waals surface area (Å²) in [4.78, 5) is 15.0. The van der Waals surface area contributed by atoms with Crippen LogP contribution in [-0.2, 0) is 4.79 Å². The maximum atomic E-state index is 12.9. The molecule has 1 atom stereocenters. The largest absolute Gasteiger partial charge is 0.405 e. The highest BCUT2D eigenvalue weighted by atomic mass is 16.4. The number of nitrogens with zero attached hydrogens (tertiary/aromatic N) is 3. The molecule has 2 fully saturated rings. The number of anilines is 1. The number of hydrogen-bond acceptors (Lipinski definition) is 5. The summed E-state index contributed by atoms with van der Waals surface area (Å²) in [5.74, 6) is 0.654. The highest BCUT2D eigenvalue weighted by Gasteiger charge is 2.28. The van der Waals surface area contributed by atoms with Gasteiger partial charge in [0, 0.05) is 19.0 Å². The number of rotatable bonds is 5. The minimum Gasteiger partial charge on any atom is -0.405 e. The molecule has 1 saturated carbocycles. The van der Waals surface area contributed by atoms with Crippen LogP contribution in [0.1, 0.15) is 68.9 Å². The number of hydrogen-bond donors (Lipinski definition) is 1. The summed E-state index contributed by atoms with van der Waals surface area (Å²) < 4.78 is 6.02. The predicted octanol–water partition coefficient (Wildman–Crippen LogP) is 3.85. The zero-order valence-electron chi connectivity index (χ0n) is 15.8. The molecule has 1 aromatic carbocycles. The van der Waals surface area contributed by atoms with Crippen LogP contribution in [0.3, 0.4) is 0 Å². The normalized spacial score (nSPS) is 19.6. The van der Waals surface area contributed by atoms with Gasteiger partial charge in [0.15, 0.2) is 0 Å². The van der Waals surface area contributed by atoms with Crippen LogP contribution in [0.5, 0.6) is 0 Å². The van der Waals surface area contributed by atoms with Crippen LogP contribution in [0, 0.1) is 5.92 Å². The minimum atomic E-state index is -0.397. The fourth-order valence-corrected chi connectivity index (χ4v) is 4.11. The molecule has 6 heteroatoms. The van der Waals surface area contributed by atoms with Crippen LogP contribution in [0.25, 0.3) is 0 Å². The summed E-state index contributed by atoms with van der Waals surface area (Å²) in [5, 5.41) is 11.7. The van der Waals surface area contributed by atoms with Gasteiger partial charge in [-0.2, -0.15) is 0 Å². The van der Waals surface area contributed by atoms with Crippen molar-refractivity contribution in [2.24, 2.45) is 5.92 Å². The van der Waals surface area contributed by atoms with Crippen molar-refractivity contribution in [3.05, 3.63) is 41.8 Å². The van der Waals surface area contributed by atoms with Crippen LogP contribution < -0.4 is 10.2 Å². The molecule has 4 rings (SSSR count). The molecule has 1 N–H and O–H groups in total. The topological polar surface area (TPSA) is 71.3 Å². The Kier molecular flexibility index (Phi) is 5.70. The molecule has 0 bridgehead atoms. The van der Waals surface area contributed by atoms with Gasteiger partial charge in [-0.15, -0.1) is 5.10 Å². The van der Waals surface area contributed by atoms with E-state index in [9.17, 15) is 4.79 Å². The zero-order chi connectivity index (χ0) is 18.5. The molecular weight excluding hydrogens is 340 g/mol. The first-order valence-corrected chi connectivity index (χ1v) is 10.2. The van der Waals surface area contributed by atoms with Crippen molar-refractivity contribution in [2.75, 3.05) is 18.0 Å². The summed E-state index contributed by atoms with van der Waals surface area (Å²) in [6.45, 7) is 1.90. The molecule has 0 spiro atoms. The highest BCUT2D eigenvalue weighted by molar-refractivity contribution is 5.79. The second-order valence-electron chi connectivity index (χ2n) is 7.66. The van der Waals surface area contributed by atoms with Gasteiger partial charge in [-0.25, -0.2) is 0 Å². The minimum absolute atomic E-state index is 0.0921. The van der Waals surface area contributed by atoms with Gasteiger partial charge in [0.2, 0.25) is 11.8 Å². The predicted molar refractivity (Wildman–Crippen MR) is 103 cm³/mol. The van der Waals surface area contributed by atoms with E-state index < -0.39 is 6.04 Å². The molecule has 1 aliphatic heterocycles. The molecule has 1 amide bonds. The van der Waals surface area contributed by atoms with Crippen molar-refractivity contribution in [1.82, 2.24) is 15.5 Å². The number of nitrogens with one attached hydrogen (secondary N) is 1. The smallest absolute Gasteiger partial charge is 0.318 e. The third kappa shape index (κ3) is 4.31. The number of benzene rings is 1. The Balaban J connectivity index is 1.55. The number of piperidine rings is 1. The number of carbonyl (C=O) groups is 1. The zero-order valence-corrected chi connectivity index (χ0v) is 15.8. The molecule has 1 aromatic heterocycles. The maximum absolute atomic E-state index is 12.9. The van der Waals surface area contributed by atoms with Gasteiger partial charge in [-0.3, -0.25) is 4.79 Å². The van der Waals surface area contributed by atoms with Crippen LogP contribution in [-0.4, -0.2) is 29.2 Å². The fourth-order valence-electron chi connectivity index (χ4n) is 4.11. The summed E-state index contributed by atoms with van der Waals surface area (Å²) in [7, 11) is 0. The van der Waals surface area contributed by atoms with Gasteiger partial charge < -0.3 is 14.6 Å². The van der Waals surface area contributed by atoms with E-state index in [1.165, 1.54) is 12.8 Å². The second-order valence-corrected chi connectivity index (χ2v) is 7.66. The van der Waals surface area contributed by atoms with Gasteiger partial charge in [0.05, 0.1) is 0 Å². The van der Waals surface area contributed by atoms with E-state index in [4.69, 9.17) is 4.42 Å². The van der Waals surface area contributed by atoms with E-state index in [0.29, 0.717) is 11.9 Å². The Hall–Kier alpha value is -2.37. The number of carbonyl (C=O) groups excluding carboxylic acids is 1. The van der Waals surface area contributed by atoms with E-state index in [1.54, 1.807) is 0 Å². The molecule has 27 heavy (non-hydrogen) atoms. The molecule has 6 nitrogen and oxygen atoms in total. The Labute approximate surface area is 160 Å². The van der Waals surface area contributed by atoms with Crippen molar-refractivity contribution >= 4 is 11.9 Å². The number of amides is 1. The van der Waals surface area contributed by atoms with E-state index >= 15 is 0 Å². The third-order valence-corrected chi connectivity index (χ3v) is 5.70. The van der Waals surface area contributed by atoms with Gasteiger partial charge in [-0.05, 0) is 37.7 Å². The van der Waals surface area contributed by atoms with E-state index in [0.717, 1.165) is 57.2 Å². The summed E-state index contributed by atoms with van der Waals surface area (Å²) >= 11 is 0. The average molecular weight is 368 g/mol. The van der Waals surface area contributed by atoms with Crippen LogP contribution in [0.2, 0.25) is 0 Å². The molecule has 2 aliphatic rings. The molecule has 1 aliphatic carbocycles. The monoisotopic (exact) mass is 368 g/mol. The van der Waals surface area contributed by atoms with Crippen molar-refractivity contribution in [3.63, 3.8) is 0 Å². The van der Waals surface area contributed by atoms with Crippen molar-refractivity contribution < 1.29 is 9.21 Å². The quantitative estimate of drug-likeness (QED) is 0.868. The summed E-state index contributed by atoms with van der Waals surface area (Å²) in [6.07, 6.45) is 8.99. The van der Waals surface area contributed by atoms with Crippen molar-refractivity contribution in [1.29, 1.82) is 0 Å². The standard InChI is InChI=1S/C21H28N4O2/c26-19(17-12-6-2-7-13-17)22-18(16-10-4-1-5-11-16)20-23-24-21(27-20)25-14-8-3-9-15-25/h1,4-5,10-11,17-18H,2-3,6-9,12-15H2,(H,22,26). The lowest BCUT2D eigenvalue weighted by atomic mass is 9.88. The van der Waals surface area contributed by atoms with E-state index in [1.807, 2.05) is 30.3 Å². The first-order valence-electron chi connectivity index (χ1n) is 10.2. The Bertz CT molecular complexity index is 734.